The number of benzene rings is 3. The fourth-order valence-electron chi connectivity index (χ4n) is 3.56. The molecule has 0 aliphatic carbocycles. The van der Waals surface area contributed by atoms with Crippen LogP contribution in [0.25, 0.3) is 6.08 Å². The molecule has 0 spiro atoms. The smallest absolute Gasteiger partial charge is 0.324 e. The molecule has 6 nitrogen and oxygen atoms in total. The van der Waals surface area contributed by atoms with Crippen molar-refractivity contribution in [2.45, 2.75) is 23.2 Å². The third-order valence-corrected chi connectivity index (χ3v) is 7.97. The Labute approximate surface area is 253 Å². The number of carbonyl (C=O) groups is 3. The normalized spacial score (nSPS) is 12.4. The zero-order chi connectivity index (χ0) is 30.3. The van der Waals surface area contributed by atoms with Crippen molar-refractivity contribution in [3.8, 4) is 0 Å². The standard InChI is InChI=1S/C30H23ClF3N3O3S2/c1-18(27(38)36-25-16-20(30(32,33)34)9-14-24(25)31)42-22-12-10-21(11-13-22)35-29(40)26(17-23-8-5-15-41-23)37-28(39)19-6-3-2-4-7-19/h2-18H,1H3,(H,35,40)(H,36,38)(H,37,39)/b26-17-. The van der Waals surface area contributed by atoms with Crippen LogP contribution in [0.4, 0.5) is 24.5 Å². The lowest BCUT2D eigenvalue weighted by atomic mass is 10.2. The summed E-state index contributed by atoms with van der Waals surface area (Å²) in [7, 11) is 0. The van der Waals surface area contributed by atoms with E-state index in [2.05, 4.69) is 16.0 Å². The molecule has 3 amide bonds. The van der Waals surface area contributed by atoms with E-state index in [-0.39, 0.29) is 16.4 Å². The number of carbonyl (C=O) groups excluding carboxylic acids is 3. The molecule has 1 heterocycles. The number of hydrogen-bond acceptors (Lipinski definition) is 5. The van der Waals surface area contributed by atoms with Gasteiger partial charge in [-0.3, -0.25) is 14.4 Å². The highest BCUT2D eigenvalue weighted by Crippen LogP contribution is 2.34. The van der Waals surface area contributed by atoms with Crippen LogP contribution in [0, 0.1) is 0 Å². The van der Waals surface area contributed by atoms with E-state index in [1.54, 1.807) is 67.6 Å². The number of alkyl halides is 3. The quantitative estimate of drug-likeness (QED) is 0.130. The Bertz CT molecular complexity index is 1590. The number of amides is 3. The van der Waals surface area contributed by atoms with E-state index in [0.717, 1.165) is 23.1 Å². The van der Waals surface area contributed by atoms with E-state index < -0.39 is 34.7 Å². The van der Waals surface area contributed by atoms with Crippen LogP contribution in [0.15, 0.2) is 101 Å². The highest BCUT2D eigenvalue weighted by Gasteiger charge is 2.31. The van der Waals surface area contributed by atoms with Crippen LogP contribution < -0.4 is 16.0 Å². The van der Waals surface area contributed by atoms with E-state index in [9.17, 15) is 27.6 Å². The molecule has 1 atom stereocenters. The predicted molar refractivity (Wildman–Crippen MR) is 162 cm³/mol. The summed E-state index contributed by atoms with van der Waals surface area (Å²) >= 11 is 8.57. The van der Waals surface area contributed by atoms with E-state index in [1.165, 1.54) is 23.1 Å². The van der Waals surface area contributed by atoms with Crippen molar-refractivity contribution in [2.75, 3.05) is 10.6 Å². The zero-order valence-corrected chi connectivity index (χ0v) is 24.3. The first-order chi connectivity index (χ1) is 20.0. The molecule has 216 valence electrons. The van der Waals surface area contributed by atoms with Crippen molar-refractivity contribution in [1.29, 1.82) is 0 Å². The highest BCUT2D eigenvalue weighted by molar-refractivity contribution is 8.00. The molecule has 42 heavy (non-hydrogen) atoms. The van der Waals surface area contributed by atoms with Gasteiger partial charge in [0.2, 0.25) is 5.91 Å². The summed E-state index contributed by atoms with van der Waals surface area (Å²) in [6.45, 7) is 1.61. The summed E-state index contributed by atoms with van der Waals surface area (Å²) in [6, 6.07) is 21.5. The van der Waals surface area contributed by atoms with Crippen molar-refractivity contribution in [2.24, 2.45) is 0 Å². The summed E-state index contributed by atoms with van der Waals surface area (Å²) in [5.41, 5.74) is -0.148. The van der Waals surface area contributed by atoms with Crippen LogP contribution >= 0.6 is 34.7 Å². The molecule has 1 unspecified atom stereocenters. The molecule has 0 saturated carbocycles. The molecule has 0 radical (unpaired) electrons. The molecule has 0 aliphatic heterocycles. The van der Waals surface area contributed by atoms with E-state index >= 15 is 0 Å². The van der Waals surface area contributed by atoms with Gasteiger partial charge in [0.05, 0.1) is 21.5 Å². The molecular weight excluding hydrogens is 607 g/mol. The average Bonchev–Trinajstić information content (AvgIpc) is 3.48. The van der Waals surface area contributed by atoms with Crippen LogP contribution in [0.2, 0.25) is 5.02 Å². The minimum Gasteiger partial charge on any atom is -0.324 e. The first-order valence-corrected chi connectivity index (χ1v) is 14.5. The van der Waals surface area contributed by atoms with Gasteiger partial charge in [-0.15, -0.1) is 23.1 Å². The number of anilines is 2. The molecule has 3 N–H and O–H groups in total. The molecule has 4 rings (SSSR count). The Kier molecular flexibility index (Phi) is 10.1. The number of thiophene rings is 1. The molecule has 0 bridgehead atoms. The Morgan fingerprint density at radius 2 is 1.64 bits per heavy atom. The molecule has 4 aromatic rings. The molecular formula is C30H23ClF3N3O3S2. The molecule has 0 fully saturated rings. The summed E-state index contributed by atoms with van der Waals surface area (Å²) in [5, 5.41) is 9.05. The molecule has 3 aromatic carbocycles. The van der Waals surface area contributed by atoms with E-state index in [1.807, 2.05) is 17.5 Å². The van der Waals surface area contributed by atoms with Crippen molar-refractivity contribution >= 4 is 69.9 Å². The largest absolute Gasteiger partial charge is 0.416 e. The van der Waals surface area contributed by atoms with Gasteiger partial charge in [0.1, 0.15) is 5.70 Å². The van der Waals surface area contributed by atoms with Gasteiger partial charge in [0, 0.05) is 21.0 Å². The van der Waals surface area contributed by atoms with Gasteiger partial charge in [-0.2, -0.15) is 13.2 Å². The lowest BCUT2D eigenvalue weighted by molar-refractivity contribution is -0.137. The second-order valence-electron chi connectivity index (χ2n) is 8.81. The van der Waals surface area contributed by atoms with Gasteiger partial charge in [-0.05, 0) is 79.0 Å². The number of halogens is 4. The third kappa shape index (κ3) is 8.48. The summed E-state index contributed by atoms with van der Waals surface area (Å²) in [4.78, 5) is 40.0. The number of thioether (sulfide) groups is 1. The fourth-order valence-corrected chi connectivity index (χ4v) is 5.25. The van der Waals surface area contributed by atoms with E-state index in [4.69, 9.17) is 11.6 Å². The first kappa shape index (κ1) is 30.9. The summed E-state index contributed by atoms with van der Waals surface area (Å²) < 4.78 is 39.1. The van der Waals surface area contributed by atoms with Crippen LogP contribution in [0.3, 0.4) is 0 Å². The van der Waals surface area contributed by atoms with Crippen molar-refractivity contribution < 1.29 is 27.6 Å². The predicted octanol–water partition coefficient (Wildman–Crippen LogP) is 7.95. The minimum atomic E-state index is -4.57. The lowest BCUT2D eigenvalue weighted by Crippen LogP contribution is -2.30. The topological polar surface area (TPSA) is 87.3 Å². The van der Waals surface area contributed by atoms with Gasteiger partial charge in [-0.1, -0.05) is 35.9 Å². The second kappa shape index (κ2) is 13.7. The maximum atomic E-state index is 13.1. The molecule has 12 heteroatoms. The SMILES string of the molecule is CC(Sc1ccc(NC(=O)/C(=C/c2cccs2)NC(=O)c2ccccc2)cc1)C(=O)Nc1cc(C(F)(F)F)ccc1Cl. The van der Waals surface area contributed by atoms with Crippen molar-refractivity contribution in [1.82, 2.24) is 5.32 Å². The van der Waals surface area contributed by atoms with Crippen LogP contribution in [-0.4, -0.2) is 23.0 Å². The minimum absolute atomic E-state index is 0.0129. The van der Waals surface area contributed by atoms with Crippen molar-refractivity contribution in [3.05, 3.63) is 117 Å². The first-order valence-electron chi connectivity index (χ1n) is 12.4. The second-order valence-corrected chi connectivity index (χ2v) is 11.6. The van der Waals surface area contributed by atoms with E-state index in [0.29, 0.717) is 16.1 Å². The Balaban J connectivity index is 1.40. The summed E-state index contributed by atoms with van der Waals surface area (Å²) in [6.07, 6.45) is -2.99. The lowest BCUT2D eigenvalue weighted by Gasteiger charge is -2.15. The number of hydrogen-bond donors (Lipinski definition) is 3. The monoisotopic (exact) mass is 629 g/mol. The third-order valence-electron chi connectivity index (χ3n) is 5.70. The fraction of sp³-hybridized carbons (Fsp3) is 0.100. The molecule has 0 aliphatic rings. The number of rotatable bonds is 9. The van der Waals surface area contributed by atoms with Gasteiger partial charge in [-0.25, -0.2) is 0 Å². The van der Waals surface area contributed by atoms with Crippen LogP contribution in [0.1, 0.15) is 27.7 Å². The van der Waals surface area contributed by atoms with Gasteiger partial charge < -0.3 is 16.0 Å². The van der Waals surface area contributed by atoms with Crippen LogP contribution in [0.5, 0.6) is 0 Å². The van der Waals surface area contributed by atoms with Crippen LogP contribution in [-0.2, 0) is 15.8 Å². The Morgan fingerprint density at radius 1 is 0.929 bits per heavy atom. The van der Waals surface area contributed by atoms with Crippen molar-refractivity contribution in [3.63, 3.8) is 0 Å². The van der Waals surface area contributed by atoms with Gasteiger partial charge in [0.25, 0.3) is 11.8 Å². The highest BCUT2D eigenvalue weighted by atomic mass is 35.5. The average molecular weight is 630 g/mol. The Hall–Kier alpha value is -4.06. The summed E-state index contributed by atoms with van der Waals surface area (Å²) in [5.74, 6) is -1.49. The zero-order valence-electron chi connectivity index (χ0n) is 21.9. The van der Waals surface area contributed by atoms with Gasteiger partial charge in [0.15, 0.2) is 0 Å². The maximum Gasteiger partial charge on any atom is 0.416 e. The van der Waals surface area contributed by atoms with Gasteiger partial charge >= 0.3 is 6.18 Å². The maximum absolute atomic E-state index is 13.1. The number of nitrogens with one attached hydrogen (secondary N) is 3. The molecule has 1 aromatic heterocycles. The Morgan fingerprint density at radius 3 is 2.29 bits per heavy atom. The molecule has 0 saturated heterocycles.